The van der Waals surface area contributed by atoms with Crippen LogP contribution < -0.4 is 14.4 Å². The standard InChI is InChI=1S/C28H29N7O2/c1-29-22-8-6-20(7-9-22)25-24(21-15-23-26(31-16-21)34(3)13-14-36-23)27-30-10-12-35(27)28(32-25)37-18-19-5-4-11-33(2)17-19/h6-10,12,15-16,19H,4-5,11,13-14,17-18H2,2-3H3/t19-/m1/s1. The first-order valence-electron chi connectivity index (χ1n) is 12.6. The molecular weight excluding hydrogens is 466 g/mol. The van der Waals surface area contributed by atoms with Crippen molar-refractivity contribution in [3.8, 4) is 34.1 Å². The van der Waals surface area contributed by atoms with Crippen molar-refractivity contribution in [3.63, 3.8) is 0 Å². The lowest BCUT2D eigenvalue weighted by Crippen LogP contribution is -2.35. The molecule has 1 fully saturated rings. The summed E-state index contributed by atoms with van der Waals surface area (Å²) in [5.41, 5.74) is 4.64. The first-order valence-corrected chi connectivity index (χ1v) is 12.6. The second kappa shape index (κ2) is 9.71. The van der Waals surface area contributed by atoms with E-state index < -0.39 is 0 Å². The van der Waals surface area contributed by atoms with Gasteiger partial charge in [0, 0.05) is 43.7 Å². The van der Waals surface area contributed by atoms with E-state index in [1.54, 1.807) is 6.20 Å². The predicted molar refractivity (Wildman–Crippen MR) is 142 cm³/mol. The fourth-order valence-electron chi connectivity index (χ4n) is 5.19. The summed E-state index contributed by atoms with van der Waals surface area (Å²) in [5.74, 6) is 2.02. The molecule has 2 aliphatic heterocycles. The number of rotatable bonds is 5. The highest BCUT2D eigenvalue weighted by molar-refractivity contribution is 5.91. The molecule has 1 atom stereocenters. The second-order valence-electron chi connectivity index (χ2n) is 9.79. The number of aromatic nitrogens is 4. The van der Waals surface area contributed by atoms with Gasteiger partial charge in [-0.2, -0.15) is 4.98 Å². The maximum Gasteiger partial charge on any atom is 0.302 e. The third-order valence-electron chi connectivity index (χ3n) is 7.12. The molecule has 0 aliphatic carbocycles. The number of piperidine rings is 1. The van der Waals surface area contributed by atoms with Gasteiger partial charge in [-0.3, -0.25) is 4.40 Å². The van der Waals surface area contributed by atoms with Gasteiger partial charge in [-0.1, -0.05) is 24.3 Å². The van der Waals surface area contributed by atoms with Crippen LogP contribution in [0, 0.1) is 12.5 Å². The Kier molecular flexibility index (Phi) is 6.10. The zero-order chi connectivity index (χ0) is 25.4. The molecule has 188 valence electrons. The van der Waals surface area contributed by atoms with E-state index in [-0.39, 0.29) is 0 Å². The fourth-order valence-corrected chi connectivity index (χ4v) is 5.19. The van der Waals surface area contributed by atoms with Crippen LogP contribution in [0.15, 0.2) is 48.9 Å². The van der Waals surface area contributed by atoms with E-state index in [0.717, 1.165) is 65.7 Å². The van der Waals surface area contributed by atoms with Crippen molar-refractivity contribution in [1.29, 1.82) is 0 Å². The zero-order valence-electron chi connectivity index (χ0n) is 21.1. The molecule has 6 rings (SSSR count). The summed E-state index contributed by atoms with van der Waals surface area (Å²) in [6.45, 7) is 11.5. The summed E-state index contributed by atoms with van der Waals surface area (Å²) in [6.07, 6.45) is 7.83. The van der Waals surface area contributed by atoms with Crippen LogP contribution in [-0.4, -0.2) is 71.2 Å². The highest BCUT2D eigenvalue weighted by Gasteiger charge is 2.24. The summed E-state index contributed by atoms with van der Waals surface area (Å²) in [7, 11) is 4.18. The van der Waals surface area contributed by atoms with E-state index >= 15 is 0 Å². The summed E-state index contributed by atoms with van der Waals surface area (Å²) in [6, 6.07) is 9.99. The summed E-state index contributed by atoms with van der Waals surface area (Å²) in [4.78, 5) is 22.5. The number of hydrogen-bond acceptors (Lipinski definition) is 7. The molecule has 9 nitrogen and oxygen atoms in total. The first-order chi connectivity index (χ1) is 18.1. The smallest absolute Gasteiger partial charge is 0.302 e. The number of benzene rings is 1. The lowest BCUT2D eigenvalue weighted by atomic mass is 9.99. The van der Waals surface area contributed by atoms with Crippen molar-refractivity contribution in [1.82, 2.24) is 24.3 Å². The lowest BCUT2D eigenvalue weighted by molar-refractivity contribution is 0.143. The number of hydrogen-bond donors (Lipinski definition) is 0. The van der Waals surface area contributed by atoms with Gasteiger partial charge in [0.05, 0.1) is 31.0 Å². The van der Waals surface area contributed by atoms with Crippen LogP contribution in [-0.2, 0) is 0 Å². The molecule has 3 aromatic heterocycles. The predicted octanol–water partition coefficient (Wildman–Crippen LogP) is 4.56. The van der Waals surface area contributed by atoms with Crippen LogP contribution in [0.1, 0.15) is 12.8 Å². The number of ether oxygens (including phenoxy) is 2. The fraction of sp³-hybridized carbons (Fsp3) is 0.357. The topological polar surface area (TPSA) is 72.4 Å². The van der Waals surface area contributed by atoms with Gasteiger partial charge >= 0.3 is 6.01 Å². The molecule has 0 unspecified atom stereocenters. The van der Waals surface area contributed by atoms with Gasteiger partial charge in [0.2, 0.25) is 0 Å². The molecule has 0 amide bonds. The molecule has 0 N–H and O–H groups in total. The SMILES string of the molecule is [C-]#[N+]c1ccc(-c2nc(OC[C@@H]3CCCN(C)C3)n3ccnc3c2-c2cnc3c(c2)OCCN3C)cc1. The van der Waals surface area contributed by atoms with Crippen LogP contribution >= 0.6 is 0 Å². The molecule has 0 saturated carbocycles. The second-order valence-corrected chi connectivity index (χ2v) is 9.79. The van der Waals surface area contributed by atoms with Gasteiger partial charge in [0.25, 0.3) is 0 Å². The average Bonchev–Trinajstić information content (AvgIpc) is 3.41. The number of pyridine rings is 1. The monoisotopic (exact) mass is 495 g/mol. The molecule has 2 aliphatic rings. The van der Waals surface area contributed by atoms with Crippen LogP contribution in [0.2, 0.25) is 0 Å². The zero-order valence-corrected chi connectivity index (χ0v) is 21.1. The quantitative estimate of drug-likeness (QED) is 0.376. The van der Waals surface area contributed by atoms with E-state index in [0.29, 0.717) is 30.8 Å². The van der Waals surface area contributed by atoms with Crippen LogP contribution in [0.5, 0.6) is 11.8 Å². The molecule has 1 saturated heterocycles. The lowest BCUT2D eigenvalue weighted by Gasteiger charge is -2.29. The van der Waals surface area contributed by atoms with Gasteiger partial charge in [-0.25, -0.2) is 14.8 Å². The van der Waals surface area contributed by atoms with E-state index in [4.69, 9.17) is 31.0 Å². The molecule has 0 radical (unpaired) electrons. The van der Waals surface area contributed by atoms with Gasteiger partial charge in [-0.15, -0.1) is 0 Å². The van der Waals surface area contributed by atoms with Crippen molar-refractivity contribution in [2.75, 3.05) is 51.8 Å². The minimum atomic E-state index is 0.458. The van der Waals surface area contributed by atoms with E-state index in [1.165, 1.54) is 6.42 Å². The Balaban J connectivity index is 1.47. The van der Waals surface area contributed by atoms with Gasteiger partial charge in [0.15, 0.2) is 22.9 Å². The number of nitrogens with zero attached hydrogens (tertiary/aromatic N) is 7. The number of fused-ring (bicyclic) bond motifs is 2. The van der Waals surface area contributed by atoms with Crippen molar-refractivity contribution in [3.05, 3.63) is 60.3 Å². The molecular formula is C28H29N7O2. The number of anilines is 1. The Hall–Kier alpha value is -4.16. The van der Waals surface area contributed by atoms with Crippen LogP contribution in [0.25, 0.3) is 32.9 Å². The third-order valence-corrected chi connectivity index (χ3v) is 7.12. The summed E-state index contributed by atoms with van der Waals surface area (Å²) in [5, 5.41) is 0. The van der Waals surface area contributed by atoms with Crippen LogP contribution in [0.4, 0.5) is 11.5 Å². The minimum Gasteiger partial charge on any atom is -0.488 e. The molecule has 4 aromatic rings. The number of likely N-dealkylation sites (N-methyl/N-ethyl adjacent to an activating group) is 1. The van der Waals surface area contributed by atoms with Crippen molar-refractivity contribution in [2.45, 2.75) is 12.8 Å². The third kappa shape index (κ3) is 4.45. The molecule has 0 bridgehead atoms. The Morgan fingerprint density at radius 3 is 2.81 bits per heavy atom. The summed E-state index contributed by atoms with van der Waals surface area (Å²) >= 11 is 0. The Labute approximate surface area is 216 Å². The Morgan fingerprint density at radius 1 is 1.14 bits per heavy atom. The minimum absolute atomic E-state index is 0.458. The highest BCUT2D eigenvalue weighted by Crippen LogP contribution is 2.40. The average molecular weight is 496 g/mol. The normalized spacial score (nSPS) is 17.8. The van der Waals surface area contributed by atoms with Crippen LogP contribution in [0.3, 0.4) is 0 Å². The molecule has 37 heavy (non-hydrogen) atoms. The highest BCUT2D eigenvalue weighted by atomic mass is 16.5. The number of imidazole rings is 1. The molecule has 5 heterocycles. The number of likely N-dealkylation sites (tertiary alicyclic amines) is 1. The molecule has 9 heteroatoms. The van der Waals surface area contributed by atoms with E-state index in [1.807, 2.05) is 54.2 Å². The molecule has 1 aromatic carbocycles. The molecule has 0 spiro atoms. The first kappa shape index (κ1) is 23.3. The largest absolute Gasteiger partial charge is 0.488 e. The van der Waals surface area contributed by atoms with E-state index in [2.05, 4.69) is 21.7 Å². The van der Waals surface area contributed by atoms with Crippen molar-refractivity contribution in [2.24, 2.45) is 5.92 Å². The van der Waals surface area contributed by atoms with Gasteiger partial charge < -0.3 is 19.3 Å². The van der Waals surface area contributed by atoms with Crippen molar-refractivity contribution < 1.29 is 9.47 Å². The Bertz CT molecular complexity index is 1470. The maximum atomic E-state index is 7.33. The van der Waals surface area contributed by atoms with Crippen molar-refractivity contribution >= 4 is 17.2 Å². The van der Waals surface area contributed by atoms with Gasteiger partial charge in [0.1, 0.15) is 6.61 Å². The van der Waals surface area contributed by atoms with Gasteiger partial charge in [-0.05, 0) is 38.1 Å². The maximum absolute atomic E-state index is 7.33. The summed E-state index contributed by atoms with van der Waals surface area (Å²) < 4.78 is 14.2. The Morgan fingerprint density at radius 2 is 2.00 bits per heavy atom. The van der Waals surface area contributed by atoms with E-state index in [9.17, 15) is 0 Å².